The molecule has 0 aliphatic rings. The second kappa shape index (κ2) is 12.7. The fourth-order valence-electron chi connectivity index (χ4n) is 0.766. The summed E-state index contributed by atoms with van der Waals surface area (Å²) in [7, 11) is 0. The summed E-state index contributed by atoms with van der Waals surface area (Å²) in [6.45, 7) is 15.3. The van der Waals surface area contributed by atoms with Gasteiger partial charge in [-0.25, -0.2) is 0 Å². The first kappa shape index (κ1) is 19.5. The molecule has 0 spiro atoms. The van der Waals surface area contributed by atoms with E-state index in [1.807, 2.05) is 64.1 Å². The zero-order chi connectivity index (χ0) is 14.6. The molecule has 0 heterocycles. The van der Waals surface area contributed by atoms with Gasteiger partial charge in [0.15, 0.2) is 0 Å². The summed E-state index contributed by atoms with van der Waals surface area (Å²) in [5, 5.41) is 0.801. The molecule has 0 unspecified atom stereocenters. The molecule has 2 heteroatoms. The Morgan fingerprint density at radius 3 is 1.78 bits per heavy atom. The topological polar surface area (TPSA) is 0 Å². The van der Waals surface area contributed by atoms with E-state index in [0.29, 0.717) is 0 Å². The Bertz CT molecular complexity index is 338. The van der Waals surface area contributed by atoms with Crippen LogP contribution in [-0.4, -0.2) is 0 Å². The van der Waals surface area contributed by atoms with Gasteiger partial charge in [0.25, 0.3) is 0 Å². The van der Waals surface area contributed by atoms with E-state index in [-0.39, 0.29) is 0 Å². The Balaban J connectivity index is 0. The molecule has 0 aliphatic heterocycles. The molecule has 1 aromatic carbocycles. The van der Waals surface area contributed by atoms with E-state index in [9.17, 15) is 0 Å². The Hall–Kier alpha value is -0.790. The number of hydrogen-bond donors (Lipinski definition) is 0. The minimum Gasteiger partial charge on any atom is -0.0961 e. The molecule has 100 valence electrons. The van der Waals surface area contributed by atoms with Gasteiger partial charge in [0.05, 0.1) is 0 Å². The van der Waals surface area contributed by atoms with Gasteiger partial charge in [-0.15, -0.1) is 0 Å². The molecule has 0 amide bonds. The Kier molecular flexibility index (Phi) is 13.7. The minimum atomic E-state index is 0.801. The maximum Gasteiger partial charge on any atom is 0.0406 e. The van der Waals surface area contributed by atoms with Crippen LogP contribution in [0.5, 0.6) is 0 Å². The highest BCUT2D eigenvalue weighted by molar-refractivity contribution is 9.11. The van der Waals surface area contributed by atoms with Gasteiger partial charge in [-0.1, -0.05) is 83.9 Å². The number of allylic oxidation sites excluding steroid dienone is 4. The van der Waals surface area contributed by atoms with Gasteiger partial charge in [0, 0.05) is 9.51 Å². The summed E-state index contributed by atoms with van der Waals surface area (Å²) < 4.78 is 0.875. The summed E-state index contributed by atoms with van der Waals surface area (Å²) in [5.41, 5.74) is 2.28. The van der Waals surface area contributed by atoms with E-state index < -0.39 is 0 Å². The first-order chi connectivity index (χ1) is 8.41. The molecule has 0 N–H and O–H groups in total. The number of rotatable bonds is 2. The number of halogens is 2. The van der Waals surface area contributed by atoms with E-state index in [1.54, 1.807) is 0 Å². The lowest BCUT2D eigenvalue weighted by Crippen LogP contribution is -1.66. The lowest BCUT2D eigenvalue weighted by molar-refractivity contribution is 1.48. The van der Waals surface area contributed by atoms with Gasteiger partial charge in [-0.2, -0.15) is 0 Å². The molecule has 18 heavy (non-hydrogen) atoms. The third-order valence-corrected chi connectivity index (χ3v) is 2.08. The molecular weight excluding hydrogens is 308 g/mol. The second-order valence-electron chi connectivity index (χ2n) is 3.42. The third-order valence-electron chi connectivity index (χ3n) is 1.56. The van der Waals surface area contributed by atoms with Crippen molar-refractivity contribution < 1.29 is 0 Å². The van der Waals surface area contributed by atoms with Gasteiger partial charge in [-0.3, -0.25) is 0 Å². The molecule has 0 saturated carbocycles. The van der Waals surface area contributed by atoms with Crippen LogP contribution in [0.1, 0.15) is 26.3 Å². The molecule has 0 saturated heterocycles. The van der Waals surface area contributed by atoms with E-state index >= 15 is 0 Å². The first-order valence-corrected chi connectivity index (χ1v) is 6.99. The van der Waals surface area contributed by atoms with Crippen molar-refractivity contribution in [3.63, 3.8) is 0 Å². The van der Waals surface area contributed by atoms with Gasteiger partial charge in [0.2, 0.25) is 0 Å². The lowest BCUT2D eigenvalue weighted by atomic mass is 10.2. The largest absolute Gasteiger partial charge is 0.0961 e. The zero-order valence-electron chi connectivity index (χ0n) is 11.6. The molecule has 0 fully saturated rings. The molecule has 0 nitrogen and oxygen atoms in total. The number of aryl methyl sites for hydroxylation is 1. The molecule has 0 atom stereocenters. The van der Waals surface area contributed by atoms with Gasteiger partial charge in [0.1, 0.15) is 0 Å². The van der Waals surface area contributed by atoms with E-state index in [4.69, 9.17) is 11.6 Å². The van der Waals surface area contributed by atoms with E-state index in [1.165, 1.54) is 5.56 Å². The maximum atomic E-state index is 5.61. The van der Waals surface area contributed by atoms with Gasteiger partial charge in [-0.05, 0) is 32.1 Å². The van der Waals surface area contributed by atoms with Crippen molar-refractivity contribution in [3.05, 3.63) is 70.2 Å². The van der Waals surface area contributed by atoms with Crippen LogP contribution in [0.25, 0.3) is 0 Å². The van der Waals surface area contributed by atoms with Gasteiger partial charge >= 0.3 is 0 Å². The Morgan fingerprint density at radius 2 is 1.56 bits per heavy atom. The van der Waals surface area contributed by atoms with Crippen LogP contribution in [0.3, 0.4) is 0 Å². The van der Waals surface area contributed by atoms with Crippen molar-refractivity contribution in [2.75, 3.05) is 0 Å². The zero-order valence-corrected chi connectivity index (χ0v) is 14.0. The van der Waals surface area contributed by atoms with Crippen LogP contribution in [0.2, 0.25) is 5.02 Å². The van der Waals surface area contributed by atoms with E-state index in [0.717, 1.165) is 15.1 Å². The summed E-state index contributed by atoms with van der Waals surface area (Å²) in [6.07, 6.45) is 3.76. The SMILES string of the molecule is C=C(C)/C=C\C(=C)Br.CC.Cc1ccc(Cl)cc1. The monoisotopic (exact) mass is 328 g/mol. The van der Waals surface area contributed by atoms with Crippen LogP contribution in [0, 0.1) is 6.92 Å². The van der Waals surface area contributed by atoms with E-state index in [2.05, 4.69) is 29.1 Å². The third kappa shape index (κ3) is 15.2. The molecule has 0 aliphatic carbocycles. The predicted octanol–water partition coefficient (Wildman–Crippen LogP) is 6.70. The number of benzene rings is 1. The molecule has 1 aromatic rings. The quantitative estimate of drug-likeness (QED) is 0.529. The smallest absolute Gasteiger partial charge is 0.0406 e. The average molecular weight is 330 g/mol. The lowest BCUT2D eigenvalue weighted by Gasteiger charge is -1.88. The van der Waals surface area contributed by atoms with Crippen molar-refractivity contribution in [1.29, 1.82) is 0 Å². The highest BCUT2D eigenvalue weighted by Gasteiger charge is 1.81. The molecular formula is C16H22BrCl. The van der Waals surface area contributed by atoms with Crippen molar-refractivity contribution in [1.82, 2.24) is 0 Å². The summed E-state index contributed by atoms with van der Waals surface area (Å²) in [6, 6.07) is 7.75. The van der Waals surface area contributed by atoms with Crippen LogP contribution in [0.4, 0.5) is 0 Å². The van der Waals surface area contributed by atoms with Crippen LogP contribution >= 0.6 is 27.5 Å². The summed E-state index contributed by atoms with van der Waals surface area (Å²) in [4.78, 5) is 0. The van der Waals surface area contributed by atoms with Crippen molar-refractivity contribution >= 4 is 27.5 Å². The highest BCUT2D eigenvalue weighted by atomic mass is 79.9. The van der Waals surface area contributed by atoms with Crippen LogP contribution in [0.15, 0.2) is 59.6 Å². The average Bonchev–Trinajstić information content (AvgIpc) is 2.34. The van der Waals surface area contributed by atoms with Gasteiger partial charge < -0.3 is 0 Å². The summed E-state index contributed by atoms with van der Waals surface area (Å²) >= 11 is 8.79. The fraction of sp³-hybridized carbons (Fsp3) is 0.250. The Labute approximate surface area is 125 Å². The molecule has 0 bridgehead atoms. The fourth-order valence-corrected chi connectivity index (χ4v) is 1.02. The van der Waals surface area contributed by atoms with Crippen molar-refractivity contribution in [2.24, 2.45) is 0 Å². The Morgan fingerprint density at radius 1 is 1.11 bits per heavy atom. The predicted molar refractivity (Wildman–Crippen MR) is 89.6 cm³/mol. The highest BCUT2D eigenvalue weighted by Crippen LogP contribution is 2.07. The number of hydrogen-bond acceptors (Lipinski definition) is 0. The standard InChI is InChI=1S/C7H9Br.C7H7Cl.C2H6/c1-6(2)4-5-7(3)8;1-6-2-4-7(8)5-3-6;1-2/h4-5H,1,3H2,2H3;2-5H,1H3;1-2H3/b5-4-;;. The molecule has 1 rings (SSSR count). The van der Waals surface area contributed by atoms with Crippen molar-refractivity contribution in [2.45, 2.75) is 27.7 Å². The minimum absolute atomic E-state index is 0.801. The first-order valence-electron chi connectivity index (χ1n) is 5.82. The molecule has 0 radical (unpaired) electrons. The normalized spacial score (nSPS) is 8.78. The van der Waals surface area contributed by atoms with Crippen molar-refractivity contribution in [3.8, 4) is 0 Å². The van der Waals surface area contributed by atoms with Crippen LogP contribution < -0.4 is 0 Å². The van der Waals surface area contributed by atoms with Crippen LogP contribution in [-0.2, 0) is 0 Å². The summed E-state index contributed by atoms with van der Waals surface area (Å²) in [5.74, 6) is 0. The maximum absolute atomic E-state index is 5.61. The second-order valence-corrected chi connectivity index (χ2v) is 4.88. The molecule has 0 aromatic heterocycles.